The van der Waals surface area contributed by atoms with Crippen molar-refractivity contribution >= 4 is 55.4 Å². The molecular formula is C54H66O6. The second-order valence-corrected chi connectivity index (χ2v) is 17.0. The fraction of sp³-hybridized carbons (Fsp3) is 0.444. The molecule has 6 aromatic carbocycles. The number of ether oxygens (including phenoxy) is 4. The smallest absolute Gasteiger partial charge is 0.434 e. The Labute approximate surface area is 357 Å². The maximum atomic E-state index is 13.4. The molecule has 0 saturated carbocycles. The van der Waals surface area contributed by atoms with E-state index in [4.69, 9.17) is 18.9 Å². The third-order valence-corrected chi connectivity index (χ3v) is 11.8. The zero-order valence-corrected chi connectivity index (χ0v) is 37.1. The second-order valence-electron chi connectivity index (χ2n) is 17.0. The van der Waals surface area contributed by atoms with Crippen molar-refractivity contribution in [2.24, 2.45) is 0 Å². The molecule has 6 rings (SSSR count). The van der Waals surface area contributed by atoms with Crippen molar-refractivity contribution in [3.63, 3.8) is 0 Å². The Balaban J connectivity index is 1.37. The van der Waals surface area contributed by atoms with Gasteiger partial charge < -0.3 is 18.9 Å². The van der Waals surface area contributed by atoms with Crippen LogP contribution in [-0.4, -0.2) is 25.5 Å². The highest BCUT2D eigenvalue weighted by molar-refractivity contribution is 6.27. The van der Waals surface area contributed by atoms with Gasteiger partial charge in [0.25, 0.3) is 0 Å². The molecule has 0 radical (unpaired) electrons. The van der Waals surface area contributed by atoms with Crippen molar-refractivity contribution < 1.29 is 28.5 Å². The van der Waals surface area contributed by atoms with Crippen LogP contribution < -0.4 is 9.47 Å². The molecule has 0 aliphatic heterocycles. The average molecular weight is 811 g/mol. The summed E-state index contributed by atoms with van der Waals surface area (Å²) in [4.78, 5) is 26.8. The number of carbonyl (C=O) groups is 2. The minimum absolute atomic E-state index is 0.331. The first-order valence-corrected chi connectivity index (χ1v) is 22.8. The van der Waals surface area contributed by atoms with Gasteiger partial charge in [-0.05, 0) is 85.3 Å². The van der Waals surface area contributed by atoms with E-state index >= 15 is 0 Å². The molecule has 0 fully saturated rings. The molecule has 60 heavy (non-hydrogen) atoms. The zero-order chi connectivity index (χ0) is 42.4. The number of rotatable bonds is 21. The van der Waals surface area contributed by atoms with E-state index in [0.29, 0.717) is 24.7 Å². The Morgan fingerprint density at radius 3 is 1.02 bits per heavy atom. The summed E-state index contributed by atoms with van der Waals surface area (Å²) in [5.41, 5.74) is 6.31. The number of benzene rings is 6. The van der Waals surface area contributed by atoms with E-state index in [2.05, 4.69) is 114 Å². The number of carbonyl (C=O) groups excluding carboxylic acids is 2. The van der Waals surface area contributed by atoms with Crippen LogP contribution in [0, 0.1) is 27.7 Å². The van der Waals surface area contributed by atoms with E-state index in [-0.39, 0.29) is 0 Å². The summed E-state index contributed by atoms with van der Waals surface area (Å²) >= 11 is 0. The van der Waals surface area contributed by atoms with Crippen LogP contribution in [-0.2, 0) is 9.47 Å². The molecule has 0 saturated heterocycles. The first-order valence-electron chi connectivity index (χ1n) is 22.8. The summed E-state index contributed by atoms with van der Waals surface area (Å²) in [7, 11) is 0. The lowest BCUT2D eigenvalue weighted by Gasteiger charge is -2.22. The monoisotopic (exact) mass is 810 g/mol. The number of fused-ring (bicyclic) bond motifs is 4. The predicted octanol–water partition coefficient (Wildman–Crippen LogP) is 16.5. The van der Waals surface area contributed by atoms with Crippen molar-refractivity contribution in [1.29, 1.82) is 0 Å². The fourth-order valence-electron chi connectivity index (χ4n) is 8.60. The summed E-state index contributed by atoms with van der Waals surface area (Å²) in [5, 5.41) is 7.13. The van der Waals surface area contributed by atoms with E-state index < -0.39 is 12.3 Å². The van der Waals surface area contributed by atoms with Gasteiger partial charge in [-0.15, -0.1) is 0 Å². The molecule has 0 unspecified atom stereocenters. The molecule has 0 spiro atoms. The highest BCUT2D eigenvalue weighted by Crippen LogP contribution is 2.50. The van der Waals surface area contributed by atoms with E-state index in [1.54, 1.807) is 0 Å². The predicted molar refractivity (Wildman–Crippen MR) is 250 cm³/mol. The third-order valence-electron chi connectivity index (χ3n) is 11.8. The number of unbranched alkanes of at least 4 members (excludes halogenated alkanes) is 14. The fourth-order valence-corrected chi connectivity index (χ4v) is 8.60. The van der Waals surface area contributed by atoms with Crippen molar-refractivity contribution in [2.45, 2.75) is 144 Å². The van der Waals surface area contributed by atoms with Gasteiger partial charge in [0, 0.05) is 21.5 Å². The molecule has 0 amide bonds. The lowest BCUT2D eigenvalue weighted by atomic mass is 9.84. The topological polar surface area (TPSA) is 71.1 Å². The van der Waals surface area contributed by atoms with Crippen LogP contribution in [0.1, 0.15) is 139 Å². The maximum Gasteiger partial charge on any atom is 0.513 e. The van der Waals surface area contributed by atoms with Crippen LogP contribution in [0.2, 0.25) is 0 Å². The van der Waals surface area contributed by atoms with Crippen molar-refractivity contribution in [3.05, 3.63) is 95.1 Å². The van der Waals surface area contributed by atoms with Crippen molar-refractivity contribution in [1.82, 2.24) is 0 Å². The van der Waals surface area contributed by atoms with E-state index in [9.17, 15) is 9.59 Å². The number of aryl methyl sites for hydroxylation is 4. The van der Waals surface area contributed by atoms with Gasteiger partial charge in [0.05, 0.1) is 13.2 Å². The SMILES string of the molecule is CCCCCCCCCCOC(=O)Oc1c2cc(C)ccc2c(-c2c3ccc(C)cc3c(OC(=O)OCCCCCCCCCC)c3ccc(C)cc23)c2cc(C)ccc12. The van der Waals surface area contributed by atoms with Crippen molar-refractivity contribution in [3.8, 4) is 22.6 Å². The van der Waals surface area contributed by atoms with Gasteiger partial charge in [-0.25, -0.2) is 9.59 Å². The Bertz CT molecular complexity index is 2240. The molecule has 6 heteroatoms. The molecule has 6 nitrogen and oxygen atoms in total. The molecular weight excluding hydrogens is 745 g/mol. The zero-order valence-electron chi connectivity index (χ0n) is 37.1. The summed E-state index contributed by atoms with van der Waals surface area (Å²) in [6, 6.07) is 25.3. The summed E-state index contributed by atoms with van der Waals surface area (Å²) in [5.74, 6) is 0.987. The normalized spacial score (nSPS) is 11.5. The van der Waals surface area contributed by atoms with Crippen LogP contribution in [0.5, 0.6) is 11.5 Å². The second kappa shape index (κ2) is 21.9. The van der Waals surface area contributed by atoms with E-state index in [0.717, 1.165) is 115 Å². The molecule has 0 aromatic heterocycles. The van der Waals surface area contributed by atoms with E-state index in [1.807, 2.05) is 0 Å². The van der Waals surface area contributed by atoms with Gasteiger partial charge in [-0.3, -0.25) is 0 Å². The first-order chi connectivity index (χ1) is 29.2. The van der Waals surface area contributed by atoms with Gasteiger partial charge >= 0.3 is 12.3 Å². The lowest BCUT2D eigenvalue weighted by molar-refractivity contribution is 0.0972. The Morgan fingerprint density at radius 2 is 0.667 bits per heavy atom. The van der Waals surface area contributed by atoms with Crippen LogP contribution in [0.3, 0.4) is 0 Å². The Morgan fingerprint density at radius 1 is 0.367 bits per heavy atom. The standard InChI is InChI=1S/C54H66O6/c1-7-9-11-13-15-17-19-21-31-57-53(55)59-51-43-29-25-37(3)33-45(43)49(41-27-23-39(5)35-47(41)51)50-42-28-24-40(6)36-48(42)52(44-30-26-38(4)34-46(44)50)60-54(56)58-32-22-20-18-16-14-12-10-8-2/h23-30,33-36H,7-22,31-32H2,1-6H3. The van der Waals surface area contributed by atoms with Crippen LogP contribution in [0.25, 0.3) is 54.2 Å². The van der Waals surface area contributed by atoms with E-state index in [1.165, 1.54) is 64.2 Å². The van der Waals surface area contributed by atoms with Gasteiger partial charge in [0.15, 0.2) is 0 Å². The molecule has 0 bridgehead atoms. The molecule has 0 aliphatic rings. The van der Waals surface area contributed by atoms with Crippen molar-refractivity contribution in [2.75, 3.05) is 13.2 Å². The highest BCUT2D eigenvalue weighted by atomic mass is 16.7. The molecule has 0 N–H and O–H groups in total. The average Bonchev–Trinajstić information content (AvgIpc) is 3.23. The molecule has 0 atom stereocenters. The lowest BCUT2D eigenvalue weighted by Crippen LogP contribution is -2.12. The van der Waals surface area contributed by atoms with Crippen LogP contribution >= 0.6 is 0 Å². The Kier molecular flexibility index (Phi) is 16.3. The molecule has 6 aromatic rings. The van der Waals surface area contributed by atoms with Gasteiger partial charge in [0.2, 0.25) is 0 Å². The molecule has 318 valence electrons. The van der Waals surface area contributed by atoms with Crippen LogP contribution in [0.15, 0.2) is 72.8 Å². The van der Waals surface area contributed by atoms with Gasteiger partial charge in [-0.2, -0.15) is 0 Å². The molecule has 0 heterocycles. The quantitative estimate of drug-likeness (QED) is 0.0312. The third kappa shape index (κ3) is 11.2. The Hall–Kier alpha value is -5.10. The number of hydrogen-bond donors (Lipinski definition) is 0. The van der Waals surface area contributed by atoms with Gasteiger partial charge in [0.1, 0.15) is 11.5 Å². The molecule has 0 aliphatic carbocycles. The largest absolute Gasteiger partial charge is 0.513 e. The van der Waals surface area contributed by atoms with Crippen LogP contribution in [0.4, 0.5) is 9.59 Å². The summed E-state index contributed by atoms with van der Waals surface area (Å²) < 4.78 is 23.8. The van der Waals surface area contributed by atoms with Gasteiger partial charge in [-0.1, -0.05) is 187 Å². The minimum Gasteiger partial charge on any atom is -0.434 e. The maximum absolute atomic E-state index is 13.4. The first kappa shape index (κ1) is 44.5. The summed E-state index contributed by atoms with van der Waals surface area (Å²) in [6.07, 6.45) is 17.3. The minimum atomic E-state index is -0.687. The number of hydrogen-bond acceptors (Lipinski definition) is 6. The summed E-state index contributed by atoms with van der Waals surface area (Å²) in [6.45, 7) is 13.4. The highest BCUT2D eigenvalue weighted by Gasteiger charge is 2.25.